The fourth-order valence-electron chi connectivity index (χ4n) is 2.38. The van der Waals surface area contributed by atoms with Crippen LogP contribution in [0.1, 0.15) is 50.7 Å². The van der Waals surface area contributed by atoms with E-state index in [-0.39, 0.29) is 6.04 Å². The normalized spacial score (nSPS) is 15.5. The number of nitrogens with two attached hydrogens (primary N) is 1. The lowest BCUT2D eigenvalue weighted by Gasteiger charge is -2.15. The van der Waals surface area contributed by atoms with Gasteiger partial charge in [0.2, 0.25) is 0 Å². The third-order valence-corrected chi connectivity index (χ3v) is 3.66. The van der Waals surface area contributed by atoms with Gasteiger partial charge in [-0.15, -0.1) is 0 Å². The lowest BCUT2D eigenvalue weighted by atomic mass is 9.96. The second-order valence-electron chi connectivity index (χ2n) is 5.28. The average molecular weight is 307 g/mol. The third-order valence-electron chi connectivity index (χ3n) is 3.36. The number of pyridine rings is 1. The molecule has 1 unspecified atom stereocenters. The van der Waals surface area contributed by atoms with E-state index >= 15 is 0 Å². The van der Waals surface area contributed by atoms with Crippen LogP contribution in [0, 0.1) is 6.92 Å². The molecule has 0 aliphatic heterocycles. The summed E-state index contributed by atoms with van der Waals surface area (Å²) >= 11 is 6.06. The van der Waals surface area contributed by atoms with Gasteiger partial charge < -0.3 is 5.73 Å². The number of hydrogen-bond donors (Lipinski definition) is 1. The van der Waals surface area contributed by atoms with Crippen LogP contribution in [0.2, 0.25) is 0 Å². The molecule has 0 fully saturated rings. The van der Waals surface area contributed by atoms with Crippen LogP contribution in [-0.2, 0) is 6.42 Å². The van der Waals surface area contributed by atoms with E-state index in [1.54, 1.807) is 0 Å². The maximum atomic E-state index is 6.20. The lowest BCUT2D eigenvalue weighted by molar-refractivity contribution is 0.609. The van der Waals surface area contributed by atoms with Gasteiger partial charge in [-0.05, 0) is 61.8 Å². The zero-order chi connectivity index (χ0) is 15.7. The van der Waals surface area contributed by atoms with E-state index in [1.807, 2.05) is 26.2 Å². The second-order valence-corrected chi connectivity index (χ2v) is 5.77. The molecular weight excluding hydrogens is 280 g/mol. The van der Waals surface area contributed by atoms with Crippen molar-refractivity contribution in [3.05, 3.63) is 52.3 Å². The van der Waals surface area contributed by atoms with Gasteiger partial charge in [-0.3, -0.25) is 4.98 Å². The first-order valence-corrected chi connectivity index (χ1v) is 8.22. The van der Waals surface area contributed by atoms with Crippen LogP contribution in [-0.4, -0.2) is 11.0 Å². The molecule has 21 heavy (non-hydrogen) atoms. The highest BCUT2D eigenvalue weighted by Gasteiger charge is 2.09. The summed E-state index contributed by atoms with van der Waals surface area (Å²) in [5.41, 5.74) is 9.96. The summed E-state index contributed by atoms with van der Waals surface area (Å²) in [6.07, 6.45) is 13.0. The van der Waals surface area contributed by atoms with E-state index in [9.17, 15) is 0 Å². The summed E-state index contributed by atoms with van der Waals surface area (Å²) in [5.74, 6) is 0. The molecule has 0 amide bonds. The minimum atomic E-state index is 0.186. The highest BCUT2D eigenvalue weighted by molar-refractivity contribution is 6.29. The Bertz CT molecular complexity index is 492. The molecule has 1 atom stereocenters. The van der Waals surface area contributed by atoms with Crippen LogP contribution >= 0.6 is 11.6 Å². The molecule has 0 radical (unpaired) electrons. The van der Waals surface area contributed by atoms with Crippen LogP contribution < -0.4 is 5.73 Å². The fraction of sp³-hybridized carbons (Fsp3) is 0.500. The summed E-state index contributed by atoms with van der Waals surface area (Å²) in [7, 11) is 0. The summed E-state index contributed by atoms with van der Waals surface area (Å²) in [6, 6.07) is 2.36. The van der Waals surface area contributed by atoms with Crippen molar-refractivity contribution in [3.8, 4) is 0 Å². The SMILES string of the molecule is CC.Cc1cncc(CCC(N)CC2=CCCC(Cl)=C2)c1. The van der Waals surface area contributed by atoms with Crippen molar-refractivity contribution in [1.29, 1.82) is 0 Å². The summed E-state index contributed by atoms with van der Waals surface area (Å²) in [6.45, 7) is 6.07. The molecule has 0 bridgehead atoms. The Morgan fingerprint density at radius 3 is 2.76 bits per heavy atom. The number of aryl methyl sites for hydroxylation is 2. The first-order valence-electron chi connectivity index (χ1n) is 7.84. The van der Waals surface area contributed by atoms with Gasteiger partial charge in [-0.2, -0.15) is 0 Å². The first kappa shape index (κ1) is 17.9. The smallest absolute Gasteiger partial charge is 0.0300 e. The number of hydrogen-bond acceptors (Lipinski definition) is 2. The highest BCUT2D eigenvalue weighted by Crippen LogP contribution is 2.23. The molecule has 0 saturated heterocycles. The van der Waals surface area contributed by atoms with E-state index in [1.165, 1.54) is 16.7 Å². The van der Waals surface area contributed by atoms with Crippen molar-refractivity contribution in [3.63, 3.8) is 0 Å². The molecule has 1 aromatic rings. The molecule has 0 saturated carbocycles. The molecule has 1 aliphatic carbocycles. The Labute approximate surface area is 134 Å². The lowest BCUT2D eigenvalue weighted by Crippen LogP contribution is -2.21. The molecule has 2 N–H and O–H groups in total. The van der Waals surface area contributed by atoms with Gasteiger partial charge in [0.1, 0.15) is 0 Å². The minimum absolute atomic E-state index is 0.186. The zero-order valence-electron chi connectivity index (χ0n) is 13.4. The maximum Gasteiger partial charge on any atom is 0.0300 e. The fourth-order valence-corrected chi connectivity index (χ4v) is 2.63. The maximum absolute atomic E-state index is 6.20. The Balaban J connectivity index is 0.00000106. The molecule has 0 spiro atoms. The molecule has 1 aromatic heterocycles. The second kappa shape index (κ2) is 9.75. The molecule has 116 valence electrons. The van der Waals surface area contributed by atoms with E-state index in [0.29, 0.717) is 0 Å². The number of aromatic nitrogens is 1. The average Bonchev–Trinajstić information content (AvgIpc) is 2.47. The minimum Gasteiger partial charge on any atom is -0.327 e. The number of nitrogens with zero attached hydrogens (tertiary/aromatic N) is 1. The van der Waals surface area contributed by atoms with Gasteiger partial charge in [-0.1, -0.05) is 37.6 Å². The van der Waals surface area contributed by atoms with Crippen molar-refractivity contribution in [1.82, 2.24) is 4.98 Å². The van der Waals surface area contributed by atoms with Crippen molar-refractivity contribution in [2.75, 3.05) is 0 Å². The van der Waals surface area contributed by atoms with Gasteiger partial charge in [-0.25, -0.2) is 0 Å². The number of allylic oxidation sites excluding steroid dienone is 3. The Morgan fingerprint density at radius 2 is 2.10 bits per heavy atom. The summed E-state index contributed by atoms with van der Waals surface area (Å²) in [5, 5.41) is 0.951. The summed E-state index contributed by atoms with van der Waals surface area (Å²) in [4.78, 5) is 4.21. The van der Waals surface area contributed by atoms with Crippen molar-refractivity contribution in [2.45, 2.75) is 58.9 Å². The molecule has 2 nitrogen and oxygen atoms in total. The van der Waals surface area contributed by atoms with Gasteiger partial charge in [0.05, 0.1) is 0 Å². The van der Waals surface area contributed by atoms with Gasteiger partial charge in [0.25, 0.3) is 0 Å². The zero-order valence-corrected chi connectivity index (χ0v) is 14.2. The molecule has 1 aliphatic rings. The number of rotatable bonds is 5. The summed E-state index contributed by atoms with van der Waals surface area (Å²) < 4.78 is 0. The Kier molecular flexibility index (Phi) is 8.33. The third kappa shape index (κ3) is 6.92. The van der Waals surface area contributed by atoms with Crippen LogP contribution in [0.5, 0.6) is 0 Å². The van der Waals surface area contributed by atoms with E-state index < -0.39 is 0 Å². The Morgan fingerprint density at radius 1 is 1.33 bits per heavy atom. The highest BCUT2D eigenvalue weighted by atomic mass is 35.5. The topological polar surface area (TPSA) is 38.9 Å². The van der Waals surface area contributed by atoms with E-state index in [4.69, 9.17) is 17.3 Å². The molecule has 2 rings (SSSR count). The monoisotopic (exact) mass is 306 g/mol. The molecule has 3 heteroatoms. The van der Waals surface area contributed by atoms with E-state index in [2.05, 4.69) is 30.1 Å². The van der Waals surface area contributed by atoms with E-state index in [0.717, 1.165) is 37.1 Å². The van der Waals surface area contributed by atoms with Crippen molar-refractivity contribution in [2.24, 2.45) is 5.73 Å². The van der Waals surface area contributed by atoms with Crippen LogP contribution in [0.3, 0.4) is 0 Å². The number of halogens is 1. The quantitative estimate of drug-likeness (QED) is 0.839. The van der Waals surface area contributed by atoms with Crippen LogP contribution in [0.4, 0.5) is 0 Å². The van der Waals surface area contributed by atoms with Crippen LogP contribution in [0.15, 0.2) is 41.2 Å². The predicted molar refractivity (Wildman–Crippen MR) is 92.5 cm³/mol. The molecule has 0 aromatic carbocycles. The molecule has 1 heterocycles. The predicted octanol–water partition coefficient (Wildman–Crippen LogP) is 4.91. The standard InChI is InChI=1S/C16H21ClN2.C2H6/c1-12-7-14(11-19-10-12)5-6-16(18)9-13-3-2-4-15(17)8-13;1-2/h3,7-8,10-11,16H,2,4-6,9,18H2,1H3;1-2H3. The van der Waals surface area contributed by atoms with Gasteiger partial charge in [0.15, 0.2) is 0 Å². The van der Waals surface area contributed by atoms with Gasteiger partial charge in [0, 0.05) is 23.5 Å². The van der Waals surface area contributed by atoms with Crippen LogP contribution in [0.25, 0.3) is 0 Å². The van der Waals surface area contributed by atoms with Crippen molar-refractivity contribution >= 4 is 11.6 Å². The van der Waals surface area contributed by atoms with Crippen molar-refractivity contribution < 1.29 is 0 Å². The largest absolute Gasteiger partial charge is 0.327 e. The Hall–Kier alpha value is -1.12. The first-order chi connectivity index (χ1) is 10.1. The molecular formula is C18H27ClN2. The van der Waals surface area contributed by atoms with Gasteiger partial charge >= 0.3 is 0 Å².